The van der Waals surface area contributed by atoms with Gasteiger partial charge in [0.1, 0.15) is 0 Å². The Morgan fingerprint density at radius 1 is 1.48 bits per heavy atom. The maximum Gasteiger partial charge on any atom is 0.191 e. The molecule has 0 radical (unpaired) electrons. The smallest absolute Gasteiger partial charge is 0.191 e. The minimum atomic E-state index is 0. The molecular weight excluding hydrogens is 379 g/mol. The van der Waals surface area contributed by atoms with Crippen molar-refractivity contribution in [3.63, 3.8) is 0 Å². The van der Waals surface area contributed by atoms with Crippen LogP contribution in [0.2, 0.25) is 0 Å². The van der Waals surface area contributed by atoms with Crippen molar-refractivity contribution in [2.45, 2.75) is 43.9 Å². The van der Waals surface area contributed by atoms with E-state index >= 15 is 0 Å². The summed E-state index contributed by atoms with van der Waals surface area (Å²) in [7, 11) is 1.81. The molecule has 2 aliphatic heterocycles. The van der Waals surface area contributed by atoms with E-state index in [0.717, 1.165) is 25.3 Å². The van der Waals surface area contributed by atoms with Gasteiger partial charge in [0.15, 0.2) is 5.96 Å². The second-order valence-corrected chi connectivity index (χ2v) is 5.47. The Kier molecular flexibility index (Phi) is 6.22. The van der Waals surface area contributed by atoms with Crippen molar-refractivity contribution in [2.75, 3.05) is 13.6 Å². The van der Waals surface area contributed by atoms with Gasteiger partial charge in [0.05, 0.1) is 18.2 Å². The molecule has 0 aromatic carbocycles. The summed E-state index contributed by atoms with van der Waals surface area (Å²) in [4.78, 5) is 8.41. The van der Waals surface area contributed by atoms with Crippen molar-refractivity contribution >= 4 is 29.9 Å². The summed E-state index contributed by atoms with van der Waals surface area (Å²) in [6.45, 7) is 0.854. The van der Waals surface area contributed by atoms with Gasteiger partial charge >= 0.3 is 0 Å². The summed E-state index contributed by atoms with van der Waals surface area (Å²) in [5.74, 6) is 0.870. The number of nitrogens with one attached hydrogen (secondary N) is 2. The van der Waals surface area contributed by atoms with E-state index in [0.29, 0.717) is 18.2 Å². The highest BCUT2D eigenvalue weighted by Gasteiger charge is 2.40. The van der Waals surface area contributed by atoms with Gasteiger partial charge in [0.25, 0.3) is 0 Å². The van der Waals surface area contributed by atoms with Gasteiger partial charge in [-0.2, -0.15) is 0 Å². The molecule has 3 unspecified atom stereocenters. The van der Waals surface area contributed by atoms with Crippen molar-refractivity contribution in [3.05, 3.63) is 30.1 Å². The van der Waals surface area contributed by atoms with E-state index in [2.05, 4.69) is 26.7 Å². The highest BCUT2D eigenvalue weighted by molar-refractivity contribution is 14.0. The molecule has 2 aliphatic rings. The highest BCUT2D eigenvalue weighted by Crippen LogP contribution is 2.34. The third-order valence-electron chi connectivity index (χ3n) is 4.08. The molecule has 3 atom stereocenters. The maximum atomic E-state index is 5.85. The zero-order valence-electron chi connectivity index (χ0n) is 12.3. The van der Waals surface area contributed by atoms with Crippen LogP contribution in [0.5, 0.6) is 0 Å². The van der Waals surface area contributed by atoms with Crippen LogP contribution in [0, 0.1) is 0 Å². The fourth-order valence-electron chi connectivity index (χ4n) is 3.03. The SMILES string of the molecule is CN=C(NCCc1cccnc1)NC1CC2CCC1O2.I. The zero-order chi connectivity index (χ0) is 13.8. The van der Waals surface area contributed by atoms with Gasteiger partial charge in [-0.25, -0.2) is 0 Å². The van der Waals surface area contributed by atoms with Gasteiger partial charge in [0.2, 0.25) is 0 Å². The summed E-state index contributed by atoms with van der Waals surface area (Å²) >= 11 is 0. The Morgan fingerprint density at radius 3 is 3.00 bits per heavy atom. The van der Waals surface area contributed by atoms with Crippen molar-refractivity contribution in [2.24, 2.45) is 4.99 Å². The van der Waals surface area contributed by atoms with Crippen LogP contribution in [0.25, 0.3) is 0 Å². The fourth-order valence-corrected chi connectivity index (χ4v) is 3.03. The van der Waals surface area contributed by atoms with Gasteiger partial charge in [0, 0.05) is 26.0 Å². The molecule has 2 fully saturated rings. The third kappa shape index (κ3) is 4.29. The van der Waals surface area contributed by atoms with E-state index in [1.54, 1.807) is 6.20 Å². The minimum Gasteiger partial charge on any atom is -0.373 e. The Balaban J connectivity index is 0.00000161. The van der Waals surface area contributed by atoms with Crippen LogP contribution in [-0.4, -0.2) is 42.8 Å². The molecule has 6 heteroatoms. The molecule has 21 heavy (non-hydrogen) atoms. The van der Waals surface area contributed by atoms with Crippen molar-refractivity contribution in [1.82, 2.24) is 15.6 Å². The van der Waals surface area contributed by atoms with Crippen molar-refractivity contribution < 1.29 is 4.74 Å². The molecule has 1 aromatic heterocycles. The molecule has 0 aliphatic carbocycles. The van der Waals surface area contributed by atoms with E-state index in [1.165, 1.54) is 18.4 Å². The molecule has 0 spiro atoms. The number of ether oxygens (including phenoxy) is 1. The number of aliphatic imine (C=N–C) groups is 1. The summed E-state index contributed by atoms with van der Waals surface area (Å²) in [6, 6.07) is 4.47. The summed E-state index contributed by atoms with van der Waals surface area (Å²) < 4.78 is 5.85. The summed E-state index contributed by atoms with van der Waals surface area (Å²) in [6.07, 6.45) is 8.98. The van der Waals surface area contributed by atoms with Crippen LogP contribution in [0.15, 0.2) is 29.5 Å². The topological polar surface area (TPSA) is 58.5 Å². The van der Waals surface area contributed by atoms with Crippen molar-refractivity contribution in [3.8, 4) is 0 Å². The van der Waals surface area contributed by atoms with Crippen LogP contribution >= 0.6 is 24.0 Å². The minimum absolute atomic E-state index is 0. The Labute approximate surface area is 143 Å². The van der Waals surface area contributed by atoms with E-state index in [9.17, 15) is 0 Å². The first-order chi connectivity index (χ1) is 9.85. The van der Waals surface area contributed by atoms with Gasteiger partial charge < -0.3 is 15.4 Å². The monoisotopic (exact) mass is 402 g/mol. The number of nitrogens with zero attached hydrogens (tertiary/aromatic N) is 2. The van der Waals surface area contributed by atoms with E-state index in [4.69, 9.17) is 4.74 Å². The average Bonchev–Trinajstić information content (AvgIpc) is 3.10. The first-order valence-electron chi connectivity index (χ1n) is 7.36. The Morgan fingerprint density at radius 2 is 2.38 bits per heavy atom. The number of halogens is 1. The largest absolute Gasteiger partial charge is 0.373 e. The lowest BCUT2D eigenvalue weighted by atomic mass is 9.96. The summed E-state index contributed by atoms with van der Waals surface area (Å²) in [5.41, 5.74) is 1.23. The second kappa shape index (κ2) is 7.93. The molecule has 2 saturated heterocycles. The number of fused-ring (bicyclic) bond motifs is 2. The number of pyridine rings is 1. The molecular formula is C15H23IN4O. The average molecular weight is 402 g/mol. The lowest BCUT2D eigenvalue weighted by molar-refractivity contribution is 0.0992. The van der Waals surface area contributed by atoms with E-state index < -0.39 is 0 Å². The Bertz CT molecular complexity index is 468. The van der Waals surface area contributed by atoms with Gasteiger partial charge in [-0.3, -0.25) is 9.98 Å². The van der Waals surface area contributed by atoms with Crippen LogP contribution in [0.4, 0.5) is 0 Å². The lowest BCUT2D eigenvalue weighted by Crippen LogP contribution is -2.47. The number of rotatable bonds is 4. The maximum absolute atomic E-state index is 5.85. The predicted molar refractivity (Wildman–Crippen MR) is 94.2 cm³/mol. The van der Waals surface area contributed by atoms with Crippen LogP contribution in [0.1, 0.15) is 24.8 Å². The number of guanidine groups is 1. The molecule has 116 valence electrons. The first kappa shape index (κ1) is 16.5. The number of hydrogen-bond acceptors (Lipinski definition) is 3. The Hall–Kier alpha value is -0.890. The number of hydrogen-bond donors (Lipinski definition) is 2. The molecule has 5 nitrogen and oxygen atoms in total. The van der Waals surface area contributed by atoms with Gasteiger partial charge in [-0.15, -0.1) is 24.0 Å². The fraction of sp³-hybridized carbons (Fsp3) is 0.600. The molecule has 2 bridgehead atoms. The van der Waals surface area contributed by atoms with Crippen LogP contribution in [0.3, 0.4) is 0 Å². The van der Waals surface area contributed by atoms with Crippen LogP contribution < -0.4 is 10.6 Å². The molecule has 0 amide bonds. The van der Waals surface area contributed by atoms with E-state index in [-0.39, 0.29) is 24.0 Å². The zero-order valence-corrected chi connectivity index (χ0v) is 14.6. The second-order valence-electron chi connectivity index (χ2n) is 5.47. The highest BCUT2D eigenvalue weighted by atomic mass is 127. The van der Waals surface area contributed by atoms with Gasteiger partial charge in [-0.1, -0.05) is 6.07 Å². The quantitative estimate of drug-likeness (QED) is 0.458. The molecule has 2 N–H and O–H groups in total. The van der Waals surface area contributed by atoms with Crippen LogP contribution in [-0.2, 0) is 11.2 Å². The number of aromatic nitrogens is 1. The normalized spacial score (nSPS) is 27.3. The van der Waals surface area contributed by atoms with E-state index in [1.807, 2.05) is 19.3 Å². The lowest BCUT2D eigenvalue weighted by Gasteiger charge is -2.22. The molecule has 3 heterocycles. The third-order valence-corrected chi connectivity index (χ3v) is 4.08. The first-order valence-corrected chi connectivity index (χ1v) is 7.36. The predicted octanol–water partition coefficient (Wildman–Crippen LogP) is 1.73. The van der Waals surface area contributed by atoms with Crippen molar-refractivity contribution in [1.29, 1.82) is 0 Å². The molecule has 1 aromatic rings. The molecule has 0 saturated carbocycles. The standard InChI is InChI=1S/C15H22N4O.HI/c1-16-15(18-8-6-11-3-2-7-17-10-11)19-13-9-12-4-5-14(13)20-12;/h2-3,7,10,12-14H,4-6,8-9H2,1H3,(H2,16,18,19);1H. The van der Waals surface area contributed by atoms with Gasteiger partial charge in [-0.05, 0) is 37.3 Å². The molecule has 3 rings (SSSR count). The summed E-state index contributed by atoms with van der Waals surface area (Å²) in [5, 5.41) is 6.84.